The number of nitrogens with two attached hydrogens (primary N) is 1. The summed E-state index contributed by atoms with van der Waals surface area (Å²) in [5.41, 5.74) is 5.91. The predicted octanol–water partition coefficient (Wildman–Crippen LogP) is 1.75. The lowest BCUT2D eigenvalue weighted by molar-refractivity contribution is 0.393. The van der Waals surface area contributed by atoms with Gasteiger partial charge in [-0.05, 0) is 12.5 Å². The van der Waals surface area contributed by atoms with Gasteiger partial charge in [-0.25, -0.2) is 13.8 Å². The van der Waals surface area contributed by atoms with Crippen molar-refractivity contribution in [1.29, 1.82) is 0 Å². The normalized spacial score (nSPS) is 17.6. The van der Waals surface area contributed by atoms with E-state index < -0.39 is 21.8 Å². The number of rotatable bonds is 7. The number of methoxy groups -OCH3 is 1. The van der Waals surface area contributed by atoms with Crippen LogP contribution in [-0.2, 0) is 16.0 Å². The number of nitrogens with one attached hydrogen (secondary N) is 1. The molecule has 28 heavy (non-hydrogen) atoms. The molecular weight excluding hydrogens is 412 g/mol. The molecule has 1 aromatic carbocycles. The van der Waals surface area contributed by atoms with Crippen molar-refractivity contribution in [2.45, 2.75) is 23.4 Å². The minimum atomic E-state index is -3.83. The molecule has 12 heteroatoms. The van der Waals surface area contributed by atoms with Gasteiger partial charge >= 0.3 is 10.2 Å². The summed E-state index contributed by atoms with van der Waals surface area (Å²) in [6.45, 7) is 0.539. The molecule has 0 saturated carbocycles. The Kier molecular flexibility index (Phi) is 6.33. The standard InChI is InChI=1S/C16H19F2N5O3S2/c1-26-14-7-13(22-28(24,25)23-6-5-11(19)8-23)20-16(21-14)27-9-10-3-2-4-12(17)15(10)18/h2-4,7,11H,5-6,8-9,19H2,1H3,(H,20,21,22). The van der Waals surface area contributed by atoms with Crippen molar-refractivity contribution in [3.63, 3.8) is 0 Å². The molecule has 0 aliphatic carbocycles. The molecule has 152 valence electrons. The summed E-state index contributed by atoms with van der Waals surface area (Å²) >= 11 is 1.02. The van der Waals surface area contributed by atoms with Crippen LogP contribution in [0.4, 0.5) is 14.6 Å². The van der Waals surface area contributed by atoms with Gasteiger partial charge in [0.15, 0.2) is 16.8 Å². The molecule has 1 saturated heterocycles. The first-order valence-corrected chi connectivity index (χ1v) is 10.7. The maximum Gasteiger partial charge on any atom is 0.302 e. The molecule has 0 radical (unpaired) electrons. The summed E-state index contributed by atoms with van der Waals surface area (Å²) in [5.74, 6) is -1.68. The predicted molar refractivity (Wildman–Crippen MR) is 101 cm³/mol. The van der Waals surface area contributed by atoms with E-state index in [1.54, 1.807) is 0 Å². The van der Waals surface area contributed by atoms with Crippen molar-refractivity contribution >= 4 is 27.8 Å². The van der Waals surface area contributed by atoms with Crippen LogP contribution in [0, 0.1) is 11.6 Å². The Morgan fingerprint density at radius 1 is 1.39 bits per heavy atom. The smallest absolute Gasteiger partial charge is 0.302 e. The van der Waals surface area contributed by atoms with Gasteiger partial charge in [0.05, 0.1) is 7.11 Å². The van der Waals surface area contributed by atoms with Gasteiger partial charge in [-0.15, -0.1) is 0 Å². The zero-order valence-electron chi connectivity index (χ0n) is 14.9. The van der Waals surface area contributed by atoms with Crippen LogP contribution in [0.25, 0.3) is 0 Å². The summed E-state index contributed by atoms with van der Waals surface area (Å²) in [6, 6.07) is 5.01. The monoisotopic (exact) mass is 431 g/mol. The molecular formula is C16H19F2N5O3S2. The van der Waals surface area contributed by atoms with Crippen LogP contribution in [0.3, 0.4) is 0 Å². The summed E-state index contributed by atoms with van der Waals surface area (Å²) in [6.07, 6.45) is 0.578. The molecule has 3 rings (SSSR count). The molecule has 2 aromatic rings. The number of hydrogen-bond acceptors (Lipinski definition) is 7. The Morgan fingerprint density at radius 3 is 2.86 bits per heavy atom. The van der Waals surface area contributed by atoms with Crippen molar-refractivity contribution in [2.24, 2.45) is 5.73 Å². The van der Waals surface area contributed by atoms with Crippen molar-refractivity contribution < 1.29 is 21.9 Å². The molecule has 0 amide bonds. The van der Waals surface area contributed by atoms with Crippen LogP contribution in [0.2, 0.25) is 0 Å². The van der Waals surface area contributed by atoms with E-state index in [1.807, 2.05) is 0 Å². The van der Waals surface area contributed by atoms with E-state index >= 15 is 0 Å². The molecule has 1 atom stereocenters. The van der Waals surface area contributed by atoms with E-state index in [1.165, 1.54) is 29.6 Å². The lowest BCUT2D eigenvalue weighted by Gasteiger charge is -2.17. The van der Waals surface area contributed by atoms with Crippen molar-refractivity contribution in [3.05, 3.63) is 41.5 Å². The number of halogens is 2. The highest BCUT2D eigenvalue weighted by Gasteiger charge is 2.30. The van der Waals surface area contributed by atoms with E-state index in [0.717, 1.165) is 17.8 Å². The minimum absolute atomic E-state index is 0.00883. The minimum Gasteiger partial charge on any atom is -0.481 e. The second-order valence-corrected chi connectivity index (χ2v) is 8.71. The summed E-state index contributed by atoms with van der Waals surface area (Å²) in [4.78, 5) is 8.24. The van der Waals surface area contributed by atoms with Gasteiger partial charge in [0.2, 0.25) is 5.88 Å². The van der Waals surface area contributed by atoms with Gasteiger partial charge in [0, 0.05) is 36.5 Å². The highest BCUT2D eigenvalue weighted by Crippen LogP contribution is 2.26. The van der Waals surface area contributed by atoms with Crippen LogP contribution in [0.5, 0.6) is 5.88 Å². The zero-order chi connectivity index (χ0) is 20.3. The number of benzene rings is 1. The number of aromatic nitrogens is 2. The summed E-state index contributed by atoms with van der Waals surface area (Å²) in [5, 5.41) is 0.152. The number of nitrogens with zero attached hydrogens (tertiary/aromatic N) is 3. The average molecular weight is 431 g/mol. The molecule has 1 unspecified atom stereocenters. The fourth-order valence-electron chi connectivity index (χ4n) is 2.60. The first kappa shape index (κ1) is 20.7. The highest BCUT2D eigenvalue weighted by molar-refractivity contribution is 7.98. The third-order valence-electron chi connectivity index (χ3n) is 4.04. The number of hydrogen-bond donors (Lipinski definition) is 2. The van der Waals surface area contributed by atoms with Crippen molar-refractivity contribution in [1.82, 2.24) is 14.3 Å². The lowest BCUT2D eigenvalue weighted by atomic mass is 10.2. The molecule has 1 aromatic heterocycles. The number of ether oxygens (including phenoxy) is 1. The van der Waals surface area contributed by atoms with E-state index in [-0.39, 0.29) is 40.8 Å². The fraction of sp³-hybridized carbons (Fsp3) is 0.375. The topological polar surface area (TPSA) is 110 Å². The van der Waals surface area contributed by atoms with Crippen molar-refractivity contribution in [2.75, 3.05) is 24.9 Å². The van der Waals surface area contributed by atoms with Gasteiger partial charge in [0.25, 0.3) is 0 Å². The van der Waals surface area contributed by atoms with Crippen molar-refractivity contribution in [3.8, 4) is 5.88 Å². The zero-order valence-corrected chi connectivity index (χ0v) is 16.6. The first-order chi connectivity index (χ1) is 13.3. The SMILES string of the molecule is COc1cc(NS(=O)(=O)N2CCC(N)C2)nc(SCc2cccc(F)c2F)n1. The van der Waals surface area contributed by atoms with Gasteiger partial charge in [0.1, 0.15) is 5.82 Å². The van der Waals surface area contributed by atoms with Crippen LogP contribution < -0.4 is 15.2 Å². The third-order valence-corrected chi connectivity index (χ3v) is 6.42. The Hall–Kier alpha value is -2.02. The van der Waals surface area contributed by atoms with Gasteiger partial charge < -0.3 is 10.5 Å². The second-order valence-electron chi connectivity index (χ2n) is 6.09. The molecule has 3 N–H and O–H groups in total. The first-order valence-electron chi connectivity index (χ1n) is 8.30. The Balaban J connectivity index is 1.77. The summed E-state index contributed by atoms with van der Waals surface area (Å²) < 4.78 is 60.8. The maximum atomic E-state index is 13.8. The number of thioether (sulfide) groups is 1. The van der Waals surface area contributed by atoms with Gasteiger partial charge in [-0.2, -0.15) is 17.7 Å². The highest BCUT2D eigenvalue weighted by atomic mass is 32.2. The third kappa shape index (κ3) is 4.87. The van der Waals surface area contributed by atoms with Gasteiger partial charge in [-0.3, -0.25) is 4.72 Å². The fourth-order valence-corrected chi connectivity index (χ4v) is 4.65. The van der Waals surface area contributed by atoms with Crippen LogP contribution in [0.15, 0.2) is 29.4 Å². The average Bonchev–Trinajstić information content (AvgIpc) is 3.10. The summed E-state index contributed by atoms with van der Waals surface area (Å²) in [7, 11) is -2.45. The Labute approximate surface area is 165 Å². The van der Waals surface area contributed by atoms with Crippen LogP contribution in [-0.4, -0.2) is 48.9 Å². The number of anilines is 1. The molecule has 0 bridgehead atoms. The Bertz CT molecular complexity index is 961. The largest absolute Gasteiger partial charge is 0.481 e. The maximum absolute atomic E-state index is 13.8. The van der Waals surface area contributed by atoms with Crippen LogP contribution >= 0.6 is 11.8 Å². The lowest BCUT2D eigenvalue weighted by Crippen LogP contribution is -2.36. The van der Waals surface area contributed by atoms with E-state index in [4.69, 9.17) is 10.5 Å². The van der Waals surface area contributed by atoms with E-state index in [9.17, 15) is 17.2 Å². The van der Waals surface area contributed by atoms with Crippen LogP contribution in [0.1, 0.15) is 12.0 Å². The molecule has 1 aliphatic rings. The second kappa shape index (κ2) is 8.55. The van der Waals surface area contributed by atoms with Gasteiger partial charge in [-0.1, -0.05) is 23.9 Å². The molecule has 1 fully saturated rings. The molecule has 8 nitrogen and oxygen atoms in total. The molecule has 0 spiro atoms. The van der Waals surface area contributed by atoms with E-state index in [0.29, 0.717) is 13.0 Å². The van der Waals surface area contributed by atoms with E-state index in [2.05, 4.69) is 14.7 Å². The quantitative estimate of drug-likeness (QED) is 0.508. The Morgan fingerprint density at radius 2 is 2.18 bits per heavy atom. The molecule has 1 aliphatic heterocycles. The molecule has 2 heterocycles.